The lowest BCUT2D eigenvalue weighted by Gasteiger charge is -2.13. The first-order valence-corrected chi connectivity index (χ1v) is 5.30. The van der Waals surface area contributed by atoms with E-state index in [1.165, 1.54) is 0 Å². The Morgan fingerprint density at radius 3 is 3.00 bits per heavy atom. The standard InChI is InChI=1S/C11H19N3O/c1-3-9(2)13-11(15)8-14-6-4-5-10(14)7-12/h4-6,9H,3,7-8,12H2,1-2H3,(H,13,15). The number of carbonyl (C=O) groups excluding carboxylic acids is 1. The molecule has 84 valence electrons. The van der Waals surface area contributed by atoms with Crippen molar-refractivity contribution in [2.75, 3.05) is 0 Å². The minimum atomic E-state index is 0.0373. The van der Waals surface area contributed by atoms with Gasteiger partial charge < -0.3 is 15.6 Å². The number of nitrogens with one attached hydrogen (secondary N) is 1. The first-order chi connectivity index (χ1) is 7.17. The number of amides is 1. The van der Waals surface area contributed by atoms with Gasteiger partial charge in [0.1, 0.15) is 6.54 Å². The lowest BCUT2D eigenvalue weighted by molar-refractivity contribution is -0.122. The van der Waals surface area contributed by atoms with E-state index in [1.807, 2.05) is 36.7 Å². The van der Waals surface area contributed by atoms with Crippen LogP contribution in [0.3, 0.4) is 0 Å². The Morgan fingerprint density at radius 2 is 2.40 bits per heavy atom. The molecule has 4 heteroatoms. The van der Waals surface area contributed by atoms with Crippen LogP contribution >= 0.6 is 0 Å². The fraction of sp³-hybridized carbons (Fsp3) is 0.545. The van der Waals surface area contributed by atoms with Gasteiger partial charge >= 0.3 is 0 Å². The molecule has 0 fully saturated rings. The van der Waals surface area contributed by atoms with Crippen LogP contribution in [0.4, 0.5) is 0 Å². The quantitative estimate of drug-likeness (QED) is 0.755. The van der Waals surface area contributed by atoms with Crippen molar-refractivity contribution in [1.82, 2.24) is 9.88 Å². The first-order valence-electron chi connectivity index (χ1n) is 5.30. The minimum absolute atomic E-state index is 0.0373. The predicted octanol–water partition coefficient (Wildman–Crippen LogP) is 0.862. The summed E-state index contributed by atoms with van der Waals surface area (Å²) in [5.74, 6) is 0.0373. The Balaban J connectivity index is 2.51. The van der Waals surface area contributed by atoms with Crippen LogP contribution in [0, 0.1) is 0 Å². The molecule has 1 aromatic heterocycles. The number of hydrogen-bond acceptors (Lipinski definition) is 2. The SMILES string of the molecule is CCC(C)NC(=O)Cn1cccc1CN. The van der Waals surface area contributed by atoms with Crippen LogP contribution in [0.1, 0.15) is 26.0 Å². The number of hydrogen-bond donors (Lipinski definition) is 2. The van der Waals surface area contributed by atoms with Crippen LogP contribution in [0.2, 0.25) is 0 Å². The monoisotopic (exact) mass is 209 g/mol. The van der Waals surface area contributed by atoms with E-state index in [9.17, 15) is 4.79 Å². The van der Waals surface area contributed by atoms with E-state index in [0.717, 1.165) is 12.1 Å². The van der Waals surface area contributed by atoms with Gasteiger partial charge in [-0.2, -0.15) is 0 Å². The van der Waals surface area contributed by atoms with E-state index < -0.39 is 0 Å². The number of rotatable bonds is 5. The molecule has 0 aliphatic heterocycles. The third kappa shape index (κ3) is 3.40. The van der Waals surface area contributed by atoms with E-state index in [-0.39, 0.29) is 11.9 Å². The molecule has 1 heterocycles. The van der Waals surface area contributed by atoms with Gasteiger partial charge in [-0.3, -0.25) is 4.79 Å². The van der Waals surface area contributed by atoms with Gasteiger partial charge in [0.15, 0.2) is 0 Å². The summed E-state index contributed by atoms with van der Waals surface area (Å²) in [4.78, 5) is 11.6. The molecule has 1 amide bonds. The normalized spacial score (nSPS) is 12.5. The smallest absolute Gasteiger partial charge is 0.240 e. The molecule has 0 bridgehead atoms. The molecule has 0 aliphatic rings. The highest BCUT2D eigenvalue weighted by molar-refractivity contribution is 5.76. The van der Waals surface area contributed by atoms with Crippen molar-refractivity contribution >= 4 is 5.91 Å². The predicted molar refractivity (Wildman–Crippen MR) is 60.2 cm³/mol. The van der Waals surface area contributed by atoms with Gasteiger partial charge in [-0.25, -0.2) is 0 Å². The van der Waals surface area contributed by atoms with Gasteiger partial charge in [0.2, 0.25) is 5.91 Å². The molecule has 0 spiro atoms. The molecule has 4 nitrogen and oxygen atoms in total. The largest absolute Gasteiger partial charge is 0.352 e. The van der Waals surface area contributed by atoms with E-state index in [0.29, 0.717) is 13.1 Å². The van der Waals surface area contributed by atoms with Crippen LogP contribution < -0.4 is 11.1 Å². The summed E-state index contributed by atoms with van der Waals surface area (Å²) in [6.07, 6.45) is 2.82. The number of carbonyl (C=O) groups is 1. The van der Waals surface area contributed by atoms with E-state index in [1.54, 1.807) is 0 Å². The number of nitrogens with zero attached hydrogens (tertiary/aromatic N) is 1. The van der Waals surface area contributed by atoms with Crippen molar-refractivity contribution in [3.05, 3.63) is 24.0 Å². The third-order valence-corrected chi connectivity index (χ3v) is 2.47. The molecule has 0 saturated carbocycles. The fourth-order valence-corrected chi connectivity index (χ4v) is 1.37. The maximum absolute atomic E-state index is 11.6. The van der Waals surface area contributed by atoms with E-state index >= 15 is 0 Å². The summed E-state index contributed by atoms with van der Waals surface area (Å²) in [5, 5.41) is 2.92. The molecule has 0 aromatic carbocycles. The lowest BCUT2D eigenvalue weighted by atomic mass is 10.2. The molecule has 3 N–H and O–H groups in total. The zero-order valence-electron chi connectivity index (χ0n) is 9.36. The summed E-state index contributed by atoms with van der Waals surface area (Å²) in [6, 6.07) is 4.06. The Kier molecular flexibility index (Phi) is 4.37. The number of nitrogens with two attached hydrogens (primary N) is 1. The summed E-state index contributed by atoms with van der Waals surface area (Å²) in [6.45, 7) is 4.86. The van der Waals surface area contributed by atoms with Gasteiger partial charge in [0.25, 0.3) is 0 Å². The summed E-state index contributed by atoms with van der Waals surface area (Å²) in [5.41, 5.74) is 6.53. The second kappa shape index (κ2) is 5.56. The van der Waals surface area contributed by atoms with Crippen molar-refractivity contribution < 1.29 is 4.79 Å². The molecule has 0 aliphatic carbocycles. The second-order valence-corrected chi connectivity index (χ2v) is 3.71. The molecule has 1 atom stereocenters. The number of aromatic nitrogens is 1. The second-order valence-electron chi connectivity index (χ2n) is 3.71. The van der Waals surface area contributed by atoms with Crippen molar-refractivity contribution in [3.63, 3.8) is 0 Å². The molecule has 0 saturated heterocycles. The van der Waals surface area contributed by atoms with Gasteiger partial charge in [-0.15, -0.1) is 0 Å². The topological polar surface area (TPSA) is 60.0 Å². The van der Waals surface area contributed by atoms with Gasteiger partial charge in [0.05, 0.1) is 0 Å². The van der Waals surface area contributed by atoms with Crippen LogP contribution in [0.25, 0.3) is 0 Å². The Labute approximate surface area is 90.5 Å². The molecule has 1 unspecified atom stereocenters. The highest BCUT2D eigenvalue weighted by atomic mass is 16.2. The Morgan fingerprint density at radius 1 is 1.67 bits per heavy atom. The summed E-state index contributed by atoms with van der Waals surface area (Å²) in [7, 11) is 0. The van der Waals surface area contributed by atoms with Crippen LogP contribution in [-0.2, 0) is 17.9 Å². The molecule has 1 rings (SSSR count). The van der Waals surface area contributed by atoms with Crippen molar-refractivity contribution in [1.29, 1.82) is 0 Å². The fourth-order valence-electron chi connectivity index (χ4n) is 1.37. The van der Waals surface area contributed by atoms with Crippen molar-refractivity contribution in [2.24, 2.45) is 5.73 Å². The summed E-state index contributed by atoms with van der Waals surface area (Å²) < 4.78 is 1.87. The van der Waals surface area contributed by atoms with E-state index in [4.69, 9.17) is 5.73 Å². The highest BCUT2D eigenvalue weighted by Crippen LogP contribution is 2.00. The minimum Gasteiger partial charge on any atom is -0.352 e. The Bertz CT molecular complexity index is 319. The summed E-state index contributed by atoms with van der Waals surface area (Å²) >= 11 is 0. The van der Waals surface area contributed by atoms with Crippen LogP contribution in [0.5, 0.6) is 0 Å². The highest BCUT2D eigenvalue weighted by Gasteiger charge is 2.07. The third-order valence-electron chi connectivity index (χ3n) is 2.47. The zero-order chi connectivity index (χ0) is 11.3. The lowest BCUT2D eigenvalue weighted by Crippen LogP contribution is -2.34. The molecular formula is C11H19N3O. The van der Waals surface area contributed by atoms with Gasteiger partial charge in [0, 0.05) is 24.5 Å². The van der Waals surface area contributed by atoms with Gasteiger partial charge in [-0.1, -0.05) is 6.92 Å². The molecule has 1 aromatic rings. The maximum Gasteiger partial charge on any atom is 0.240 e. The van der Waals surface area contributed by atoms with Crippen molar-refractivity contribution in [3.8, 4) is 0 Å². The van der Waals surface area contributed by atoms with Crippen LogP contribution in [-0.4, -0.2) is 16.5 Å². The zero-order valence-corrected chi connectivity index (χ0v) is 9.36. The average molecular weight is 209 g/mol. The van der Waals surface area contributed by atoms with Crippen molar-refractivity contribution in [2.45, 2.75) is 39.4 Å². The van der Waals surface area contributed by atoms with Gasteiger partial charge in [-0.05, 0) is 25.5 Å². The molecule has 0 radical (unpaired) electrons. The molecular weight excluding hydrogens is 190 g/mol. The van der Waals surface area contributed by atoms with E-state index in [2.05, 4.69) is 5.32 Å². The first kappa shape index (κ1) is 11.8. The maximum atomic E-state index is 11.6. The van der Waals surface area contributed by atoms with Crippen LogP contribution in [0.15, 0.2) is 18.3 Å². The average Bonchev–Trinajstić information content (AvgIpc) is 2.64. The molecule has 15 heavy (non-hydrogen) atoms. The Hall–Kier alpha value is -1.29.